The number of rotatable bonds is 10. The molecule has 1 aliphatic carbocycles. The van der Waals surface area contributed by atoms with Crippen LogP contribution in [-0.4, -0.2) is 91.5 Å². The number of carbonyl (C=O) groups is 5. The molecule has 0 spiro atoms. The normalized spacial score (nSPS) is 23.0. The van der Waals surface area contributed by atoms with Gasteiger partial charge in [0.25, 0.3) is 0 Å². The summed E-state index contributed by atoms with van der Waals surface area (Å²) < 4.78 is 11.4. The number of nitrogens with two attached hydrogens (primary N) is 1. The van der Waals surface area contributed by atoms with Crippen LogP contribution < -0.4 is 36.5 Å². The Bertz CT molecular complexity index is 1530. The van der Waals surface area contributed by atoms with Gasteiger partial charge < -0.3 is 41.4 Å². The molecule has 2 aromatic carbocycles. The Kier molecular flexibility index (Phi) is 14.4. The zero-order valence-corrected chi connectivity index (χ0v) is 31.3. The minimum atomic E-state index is -1.12. The maximum Gasteiger partial charge on any atom is 0.245 e. The minimum absolute atomic E-state index is 0.0894. The number of carbonyl (C=O) groups excluding carboxylic acids is 5. The van der Waals surface area contributed by atoms with Crippen molar-refractivity contribution in [2.75, 3.05) is 26.8 Å². The summed E-state index contributed by atoms with van der Waals surface area (Å²) in [5.41, 5.74) is 7.62. The first-order chi connectivity index (χ1) is 24.7. The topological polar surface area (TPSA) is 181 Å². The van der Waals surface area contributed by atoms with E-state index >= 15 is 0 Å². The molecule has 5 rings (SSSR count). The van der Waals surface area contributed by atoms with Crippen molar-refractivity contribution in [3.05, 3.63) is 59.7 Å². The third-order valence-corrected chi connectivity index (χ3v) is 9.37. The van der Waals surface area contributed by atoms with Gasteiger partial charge in [-0.25, -0.2) is 0 Å². The molecule has 2 bridgehead atoms. The SMILES string of the molecule is COc1ccc(C[C@@H]2NC(=O)[C@@H](NC(=O)[C@@H](N)C(C)C)Cc3ccc(cc3)OC[C@H](CC(C)C)NC(=O)CN(CC3CC3)C(=O)[C@@H](C)NC2=O)cc1. The standard InChI is InChI=1S/C39H56N6O7/c1-23(2)17-29-22-52-31-15-11-27(12-16-31)19-33(44-38(49)35(40)24(3)4)37(48)43-32(18-26-9-13-30(51-6)14-10-26)36(47)41-25(5)39(50)45(20-28-7-8-28)21-34(46)42-29/h9-16,23-25,28-29,32-33,35H,7-8,17-22,40H2,1-6H3,(H,41,47)(H,42,46)(H,43,48)(H,44,49)/t25-,29+,32+,33+,35+/m1/s1. The molecular weight excluding hydrogens is 664 g/mol. The average molecular weight is 721 g/mol. The summed E-state index contributed by atoms with van der Waals surface area (Å²) >= 11 is 0. The van der Waals surface area contributed by atoms with Gasteiger partial charge in [-0.05, 0) is 79.3 Å². The van der Waals surface area contributed by atoms with E-state index in [2.05, 4.69) is 35.1 Å². The van der Waals surface area contributed by atoms with Crippen LogP contribution in [0, 0.1) is 17.8 Å². The molecule has 0 aromatic heterocycles. The Morgan fingerprint density at radius 2 is 1.63 bits per heavy atom. The Hall–Kier alpha value is -4.65. The number of ether oxygens (including phenoxy) is 2. The zero-order chi connectivity index (χ0) is 37.9. The van der Waals surface area contributed by atoms with Crippen molar-refractivity contribution in [3.63, 3.8) is 0 Å². The van der Waals surface area contributed by atoms with Gasteiger partial charge in [-0.15, -0.1) is 0 Å². The Labute approximate surface area is 307 Å². The summed E-state index contributed by atoms with van der Waals surface area (Å²) in [7, 11) is 1.55. The van der Waals surface area contributed by atoms with E-state index < -0.39 is 47.8 Å². The van der Waals surface area contributed by atoms with Crippen molar-refractivity contribution in [3.8, 4) is 11.5 Å². The molecule has 13 heteroatoms. The van der Waals surface area contributed by atoms with Gasteiger partial charge in [0, 0.05) is 19.4 Å². The first kappa shape index (κ1) is 40.1. The van der Waals surface area contributed by atoms with E-state index in [1.165, 1.54) is 4.90 Å². The van der Waals surface area contributed by atoms with Crippen molar-refractivity contribution in [1.29, 1.82) is 0 Å². The molecule has 0 saturated heterocycles. The summed E-state index contributed by atoms with van der Waals surface area (Å²) in [4.78, 5) is 69.9. The number of benzene rings is 2. The van der Waals surface area contributed by atoms with Crippen LogP contribution in [-0.2, 0) is 36.8 Å². The molecule has 5 atom stereocenters. The largest absolute Gasteiger partial charge is 0.497 e. The average Bonchev–Trinajstić information content (AvgIpc) is 3.93. The molecule has 284 valence electrons. The maximum atomic E-state index is 14.0. The molecule has 13 nitrogen and oxygen atoms in total. The highest BCUT2D eigenvalue weighted by Crippen LogP contribution is 2.30. The number of amides is 5. The Morgan fingerprint density at radius 3 is 2.23 bits per heavy atom. The van der Waals surface area contributed by atoms with Gasteiger partial charge in [-0.3, -0.25) is 24.0 Å². The van der Waals surface area contributed by atoms with E-state index in [0.717, 1.165) is 24.0 Å². The van der Waals surface area contributed by atoms with Crippen molar-refractivity contribution in [1.82, 2.24) is 26.2 Å². The van der Waals surface area contributed by atoms with E-state index in [9.17, 15) is 24.0 Å². The van der Waals surface area contributed by atoms with Gasteiger partial charge >= 0.3 is 0 Å². The lowest BCUT2D eigenvalue weighted by atomic mass is 10.0. The first-order valence-electron chi connectivity index (χ1n) is 18.3. The second-order valence-electron chi connectivity index (χ2n) is 14.9. The second-order valence-corrected chi connectivity index (χ2v) is 14.9. The molecule has 0 unspecified atom stereocenters. The monoisotopic (exact) mass is 720 g/mol. The summed E-state index contributed by atoms with van der Waals surface area (Å²) in [6.07, 6.45) is 2.79. The van der Waals surface area contributed by atoms with Gasteiger partial charge in [0.1, 0.15) is 36.2 Å². The molecule has 5 amide bonds. The van der Waals surface area contributed by atoms with Crippen molar-refractivity contribution >= 4 is 29.5 Å². The van der Waals surface area contributed by atoms with Crippen LogP contribution in [0.2, 0.25) is 0 Å². The molecular formula is C39H56N6O7. The fourth-order valence-corrected chi connectivity index (χ4v) is 6.09. The fourth-order valence-electron chi connectivity index (χ4n) is 6.09. The third kappa shape index (κ3) is 12.2. The van der Waals surface area contributed by atoms with Gasteiger partial charge in [-0.1, -0.05) is 52.0 Å². The Balaban J connectivity index is 1.69. The number of hydrogen-bond donors (Lipinski definition) is 5. The Morgan fingerprint density at radius 1 is 0.962 bits per heavy atom. The predicted molar refractivity (Wildman–Crippen MR) is 197 cm³/mol. The van der Waals surface area contributed by atoms with E-state index in [-0.39, 0.29) is 49.8 Å². The highest BCUT2D eigenvalue weighted by Gasteiger charge is 2.34. The van der Waals surface area contributed by atoms with E-state index in [4.69, 9.17) is 15.2 Å². The lowest BCUT2D eigenvalue weighted by Gasteiger charge is -2.29. The smallest absolute Gasteiger partial charge is 0.245 e. The van der Waals surface area contributed by atoms with E-state index in [1.54, 1.807) is 50.4 Å². The summed E-state index contributed by atoms with van der Waals surface area (Å²) in [6.45, 7) is 9.79. The quantitative estimate of drug-likeness (QED) is 0.232. The van der Waals surface area contributed by atoms with Gasteiger partial charge in [0.15, 0.2) is 0 Å². The van der Waals surface area contributed by atoms with Crippen LogP contribution >= 0.6 is 0 Å². The van der Waals surface area contributed by atoms with Crippen LogP contribution in [0.5, 0.6) is 11.5 Å². The fraction of sp³-hybridized carbons (Fsp3) is 0.564. The van der Waals surface area contributed by atoms with Crippen molar-refractivity contribution in [2.45, 2.75) is 96.9 Å². The number of fused-ring (bicyclic) bond motifs is 17. The molecule has 3 aliphatic rings. The second kappa shape index (κ2) is 18.7. The van der Waals surface area contributed by atoms with Crippen LogP contribution in [0.25, 0.3) is 0 Å². The van der Waals surface area contributed by atoms with Crippen LogP contribution in [0.3, 0.4) is 0 Å². The number of hydrogen-bond acceptors (Lipinski definition) is 8. The molecule has 1 saturated carbocycles. The summed E-state index contributed by atoms with van der Waals surface area (Å²) in [5, 5.41) is 11.5. The lowest BCUT2D eigenvalue weighted by molar-refractivity contribution is -0.140. The minimum Gasteiger partial charge on any atom is -0.497 e. The van der Waals surface area contributed by atoms with Crippen molar-refractivity contribution < 1.29 is 33.4 Å². The van der Waals surface area contributed by atoms with Crippen LogP contribution in [0.1, 0.15) is 65.0 Å². The van der Waals surface area contributed by atoms with Gasteiger partial charge in [0.05, 0.1) is 25.7 Å². The number of nitrogens with zero attached hydrogens (tertiary/aromatic N) is 1. The van der Waals surface area contributed by atoms with Gasteiger partial charge in [-0.2, -0.15) is 0 Å². The highest BCUT2D eigenvalue weighted by molar-refractivity contribution is 5.95. The lowest BCUT2D eigenvalue weighted by Crippen LogP contribution is -2.59. The van der Waals surface area contributed by atoms with Crippen molar-refractivity contribution in [2.24, 2.45) is 23.5 Å². The molecule has 2 aromatic rings. The predicted octanol–water partition coefficient (Wildman–Crippen LogP) is 2.10. The summed E-state index contributed by atoms with van der Waals surface area (Å²) in [5.74, 6) is -0.780. The zero-order valence-electron chi connectivity index (χ0n) is 31.3. The molecule has 2 aliphatic heterocycles. The van der Waals surface area contributed by atoms with Gasteiger partial charge in [0.2, 0.25) is 29.5 Å². The molecule has 1 fully saturated rings. The molecule has 6 N–H and O–H groups in total. The number of methoxy groups -OCH3 is 1. The van der Waals surface area contributed by atoms with Crippen LogP contribution in [0.15, 0.2) is 48.5 Å². The molecule has 2 heterocycles. The maximum absolute atomic E-state index is 14.0. The van der Waals surface area contributed by atoms with Crippen LogP contribution in [0.4, 0.5) is 0 Å². The van der Waals surface area contributed by atoms with E-state index in [0.29, 0.717) is 30.4 Å². The van der Waals surface area contributed by atoms with E-state index in [1.807, 2.05) is 26.0 Å². The molecule has 0 radical (unpaired) electrons. The number of nitrogens with one attached hydrogen (secondary N) is 4. The first-order valence-corrected chi connectivity index (χ1v) is 18.3. The summed E-state index contributed by atoms with van der Waals surface area (Å²) in [6, 6.07) is 9.91. The molecule has 52 heavy (non-hydrogen) atoms. The third-order valence-electron chi connectivity index (χ3n) is 9.37. The highest BCUT2D eigenvalue weighted by atomic mass is 16.5.